The van der Waals surface area contributed by atoms with Crippen LogP contribution in [0.3, 0.4) is 0 Å². The monoisotopic (exact) mass is 309 g/mol. The van der Waals surface area contributed by atoms with Gasteiger partial charge < -0.3 is 4.84 Å². The Kier molecular flexibility index (Phi) is 3.00. The van der Waals surface area contributed by atoms with Crippen LogP contribution in [-0.4, -0.2) is 21.1 Å². The smallest absolute Gasteiger partial charge is 0.143 e. The second-order valence-corrected chi connectivity index (χ2v) is 7.50. The number of rotatable bonds is 2. The van der Waals surface area contributed by atoms with Gasteiger partial charge in [0.25, 0.3) is 0 Å². The zero-order valence-corrected chi connectivity index (χ0v) is 13.5. The van der Waals surface area contributed by atoms with E-state index >= 15 is 0 Å². The van der Waals surface area contributed by atoms with Crippen LogP contribution in [0.25, 0.3) is 10.9 Å². The number of aromatic nitrogens is 2. The Morgan fingerprint density at radius 3 is 2.74 bits per heavy atom. The molecule has 5 rings (SSSR count). The Bertz CT molecular complexity index is 764. The molecule has 4 heteroatoms. The standard InChI is InChI=1S/C19H23N3O/c1-2-6-16(5-1)22-18-11-14(7-8-15(18)13-20-22)17-12-19(23-21-17)9-3-4-10-19/h7-8,11,13,16H,1-6,9-10,12H2. The SMILES string of the molecule is c1cc2cnn(C3CCCC3)c2cc1C1=NOC2(CCCC2)C1. The van der Waals surface area contributed by atoms with Gasteiger partial charge in [-0.05, 0) is 44.6 Å². The third-order valence-corrected chi connectivity index (χ3v) is 5.96. The van der Waals surface area contributed by atoms with E-state index in [0.717, 1.165) is 25.0 Å². The van der Waals surface area contributed by atoms with Crippen molar-refractivity contribution < 1.29 is 4.84 Å². The summed E-state index contributed by atoms with van der Waals surface area (Å²) < 4.78 is 2.24. The lowest BCUT2D eigenvalue weighted by Gasteiger charge is -2.19. The average Bonchev–Trinajstić information content (AvgIpc) is 3.36. The summed E-state index contributed by atoms with van der Waals surface area (Å²) in [5.74, 6) is 0. The molecule has 0 saturated heterocycles. The van der Waals surface area contributed by atoms with Crippen molar-refractivity contribution in [3.8, 4) is 0 Å². The van der Waals surface area contributed by atoms with Gasteiger partial charge in [0.05, 0.1) is 23.5 Å². The first-order valence-corrected chi connectivity index (χ1v) is 9.06. The van der Waals surface area contributed by atoms with Gasteiger partial charge in [0.15, 0.2) is 0 Å². The first-order chi connectivity index (χ1) is 11.3. The molecule has 0 amide bonds. The molecule has 0 N–H and O–H groups in total. The van der Waals surface area contributed by atoms with E-state index in [4.69, 9.17) is 4.84 Å². The van der Waals surface area contributed by atoms with E-state index in [9.17, 15) is 0 Å². The zero-order chi connectivity index (χ0) is 15.3. The summed E-state index contributed by atoms with van der Waals surface area (Å²) in [7, 11) is 0. The van der Waals surface area contributed by atoms with Crippen LogP contribution < -0.4 is 0 Å². The number of benzene rings is 1. The molecule has 2 saturated carbocycles. The molecule has 0 atom stereocenters. The molecule has 1 aromatic heterocycles. The summed E-state index contributed by atoms with van der Waals surface area (Å²) in [4.78, 5) is 5.86. The van der Waals surface area contributed by atoms with E-state index in [1.54, 1.807) is 0 Å². The van der Waals surface area contributed by atoms with Crippen molar-refractivity contribution in [2.75, 3.05) is 0 Å². The third-order valence-electron chi connectivity index (χ3n) is 5.96. The molecular weight excluding hydrogens is 286 g/mol. The molecule has 120 valence electrons. The van der Waals surface area contributed by atoms with E-state index in [1.165, 1.54) is 55.0 Å². The van der Waals surface area contributed by atoms with Crippen molar-refractivity contribution in [3.05, 3.63) is 30.0 Å². The summed E-state index contributed by atoms with van der Waals surface area (Å²) in [6.07, 6.45) is 13.0. The molecule has 0 radical (unpaired) electrons. The van der Waals surface area contributed by atoms with Gasteiger partial charge in [-0.2, -0.15) is 5.10 Å². The molecule has 2 aromatic rings. The molecule has 3 aliphatic rings. The van der Waals surface area contributed by atoms with Gasteiger partial charge in [0.2, 0.25) is 0 Å². The minimum atomic E-state index is 0.00991. The maximum Gasteiger partial charge on any atom is 0.143 e. The fraction of sp³-hybridized carbons (Fsp3) is 0.579. The van der Waals surface area contributed by atoms with Crippen LogP contribution in [0.5, 0.6) is 0 Å². The molecule has 1 aliphatic heterocycles. The summed E-state index contributed by atoms with van der Waals surface area (Å²) >= 11 is 0. The average molecular weight is 309 g/mol. The van der Waals surface area contributed by atoms with Crippen molar-refractivity contribution in [1.82, 2.24) is 9.78 Å². The minimum absolute atomic E-state index is 0.00991. The molecule has 1 aromatic carbocycles. The highest BCUT2D eigenvalue weighted by Crippen LogP contribution is 2.41. The van der Waals surface area contributed by atoms with Gasteiger partial charge >= 0.3 is 0 Å². The minimum Gasteiger partial charge on any atom is -0.389 e. The van der Waals surface area contributed by atoms with E-state index in [2.05, 4.69) is 33.1 Å². The Morgan fingerprint density at radius 1 is 1.09 bits per heavy atom. The molecule has 2 heterocycles. The van der Waals surface area contributed by atoms with E-state index in [-0.39, 0.29) is 5.60 Å². The predicted molar refractivity (Wildman–Crippen MR) is 90.7 cm³/mol. The van der Waals surface area contributed by atoms with Crippen molar-refractivity contribution in [1.29, 1.82) is 0 Å². The summed E-state index contributed by atoms with van der Waals surface area (Å²) in [6, 6.07) is 7.21. The number of fused-ring (bicyclic) bond motifs is 1. The summed E-state index contributed by atoms with van der Waals surface area (Å²) in [6.45, 7) is 0. The Hall–Kier alpha value is -1.84. The van der Waals surface area contributed by atoms with Crippen LogP contribution in [0.4, 0.5) is 0 Å². The Balaban J connectivity index is 1.49. The molecule has 2 fully saturated rings. The largest absolute Gasteiger partial charge is 0.389 e. The Labute approximate surface area is 136 Å². The molecule has 2 aliphatic carbocycles. The topological polar surface area (TPSA) is 39.4 Å². The number of oxime groups is 1. The van der Waals surface area contributed by atoms with Gasteiger partial charge in [-0.1, -0.05) is 30.1 Å². The second-order valence-electron chi connectivity index (χ2n) is 7.50. The summed E-state index contributed by atoms with van der Waals surface area (Å²) in [5.41, 5.74) is 3.59. The van der Waals surface area contributed by atoms with E-state index < -0.39 is 0 Å². The molecule has 23 heavy (non-hydrogen) atoms. The predicted octanol–water partition coefficient (Wildman–Crippen LogP) is 4.59. The van der Waals surface area contributed by atoms with Crippen LogP contribution in [0.2, 0.25) is 0 Å². The van der Waals surface area contributed by atoms with Gasteiger partial charge in [-0.25, -0.2) is 0 Å². The normalized spacial score (nSPS) is 23.7. The van der Waals surface area contributed by atoms with Crippen LogP contribution in [0.1, 0.15) is 69.4 Å². The van der Waals surface area contributed by atoms with Crippen molar-refractivity contribution in [2.24, 2.45) is 5.16 Å². The van der Waals surface area contributed by atoms with E-state index in [0.29, 0.717) is 6.04 Å². The quantitative estimate of drug-likeness (QED) is 0.814. The van der Waals surface area contributed by atoms with Gasteiger partial charge in [0, 0.05) is 17.4 Å². The first kappa shape index (κ1) is 13.6. The molecule has 0 unspecified atom stereocenters. The van der Waals surface area contributed by atoms with Gasteiger partial charge in [0.1, 0.15) is 5.60 Å². The zero-order valence-electron chi connectivity index (χ0n) is 13.5. The highest BCUT2D eigenvalue weighted by molar-refractivity contribution is 6.04. The molecular formula is C19H23N3O. The lowest BCUT2D eigenvalue weighted by molar-refractivity contribution is -0.0126. The Morgan fingerprint density at radius 2 is 1.91 bits per heavy atom. The summed E-state index contributed by atoms with van der Waals surface area (Å²) in [5, 5.41) is 10.3. The van der Waals surface area contributed by atoms with Crippen LogP contribution in [0, 0.1) is 0 Å². The van der Waals surface area contributed by atoms with Crippen molar-refractivity contribution in [3.63, 3.8) is 0 Å². The fourth-order valence-electron chi connectivity index (χ4n) is 4.62. The van der Waals surface area contributed by atoms with Crippen LogP contribution in [-0.2, 0) is 4.84 Å². The van der Waals surface area contributed by atoms with Crippen molar-refractivity contribution in [2.45, 2.75) is 69.4 Å². The van der Waals surface area contributed by atoms with Crippen LogP contribution in [0.15, 0.2) is 29.6 Å². The van der Waals surface area contributed by atoms with Gasteiger partial charge in [-0.3, -0.25) is 4.68 Å². The number of nitrogens with zero attached hydrogens (tertiary/aromatic N) is 3. The molecule has 0 bridgehead atoms. The highest BCUT2D eigenvalue weighted by Gasteiger charge is 2.42. The van der Waals surface area contributed by atoms with Crippen LogP contribution >= 0.6 is 0 Å². The third kappa shape index (κ3) is 2.19. The lowest BCUT2D eigenvalue weighted by Crippen LogP contribution is -2.24. The molecule has 4 nitrogen and oxygen atoms in total. The lowest BCUT2D eigenvalue weighted by atomic mass is 9.92. The fourth-order valence-corrected chi connectivity index (χ4v) is 4.62. The highest BCUT2D eigenvalue weighted by atomic mass is 16.7. The van der Waals surface area contributed by atoms with Gasteiger partial charge in [-0.15, -0.1) is 0 Å². The maximum absolute atomic E-state index is 5.86. The van der Waals surface area contributed by atoms with E-state index in [1.807, 2.05) is 6.20 Å². The second kappa shape index (κ2) is 5.08. The van der Waals surface area contributed by atoms with Crippen molar-refractivity contribution >= 4 is 16.6 Å². The number of hydrogen-bond acceptors (Lipinski definition) is 3. The first-order valence-electron chi connectivity index (χ1n) is 9.06. The molecule has 1 spiro atoms. The maximum atomic E-state index is 5.86. The number of hydrogen-bond donors (Lipinski definition) is 0.